The Morgan fingerprint density at radius 3 is 2.79 bits per heavy atom. The molecule has 74 valence electrons. The Morgan fingerprint density at radius 2 is 2.07 bits per heavy atom. The van der Waals surface area contributed by atoms with Crippen LogP contribution in [0.2, 0.25) is 5.02 Å². The first-order valence-electron chi connectivity index (χ1n) is 4.58. The predicted octanol–water partition coefficient (Wildman–Crippen LogP) is 2.41. The van der Waals surface area contributed by atoms with Gasteiger partial charge < -0.3 is 4.74 Å². The van der Waals surface area contributed by atoms with Crippen molar-refractivity contribution in [1.82, 2.24) is 0 Å². The molecule has 1 aliphatic carbocycles. The number of carbonyl (C=O) groups excluding carboxylic acids is 1. The second kappa shape index (κ2) is 3.62. The predicted molar refractivity (Wildman–Crippen MR) is 55.0 cm³/mol. The maximum absolute atomic E-state index is 11.3. The molecule has 0 aromatic heterocycles. The molecular formula is C11H11ClO2. The molecule has 3 heteroatoms. The molecule has 0 N–H and O–H groups in total. The Balaban J connectivity index is 2.54. The molecule has 0 saturated carbocycles. The third kappa shape index (κ3) is 1.50. The lowest BCUT2D eigenvalue weighted by molar-refractivity contribution is -0.118. The van der Waals surface area contributed by atoms with Crippen molar-refractivity contribution in [2.24, 2.45) is 0 Å². The number of halogens is 1. The highest BCUT2D eigenvalue weighted by Crippen LogP contribution is 2.33. The summed E-state index contributed by atoms with van der Waals surface area (Å²) in [4.78, 5) is 11.3. The molecule has 0 heterocycles. The number of benzene rings is 1. The van der Waals surface area contributed by atoms with Gasteiger partial charge in [0.25, 0.3) is 0 Å². The van der Waals surface area contributed by atoms with E-state index >= 15 is 0 Å². The van der Waals surface area contributed by atoms with Crippen molar-refractivity contribution in [3.05, 3.63) is 28.3 Å². The molecule has 0 atom stereocenters. The highest BCUT2D eigenvalue weighted by molar-refractivity contribution is 6.31. The van der Waals surface area contributed by atoms with E-state index in [9.17, 15) is 4.79 Å². The normalized spacial score (nSPS) is 15.1. The molecule has 2 nitrogen and oxygen atoms in total. The molecule has 1 aliphatic rings. The summed E-state index contributed by atoms with van der Waals surface area (Å²) in [6.07, 6.45) is 1.79. The van der Waals surface area contributed by atoms with Gasteiger partial charge in [0.05, 0.1) is 7.11 Å². The number of carbonyl (C=O) groups is 1. The van der Waals surface area contributed by atoms with Crippen molar-refractivity contribution in [2.45, 2.75) is 19.3 Å². The molecule has 0 unspecified atom stereocenters. The summed E-state index contributed by atoms with van der Waals surface area (Å²) < 4.78 is 5.21. The molecule has 0 bridgehead atoms. The van der Waals surface area contributed by atoms with E-state index < -0.39 is 0 Å². The minimum atomic E-state index is 0.262. The molecule has 0 fully saturated rings. The van der Waals surface area contributed by atoms with E-state index in [1.165, 1.54) is 0 Å². The van der Waals surface area contributed by atoms with Crippen LogP contribution < -0.4 is 4.74 Å². The summed E-state index contributed by atoms with van der Waals surface area (Å²) >= 11 is 6.05. The Hall–Kier alpha value is -1.02. The zero-order valence-electron chi connectivity index (χ0n) is 7.97. The molecule has 1 aromatic carbocycles. The Kier molecular flexibility index (Phi) is 2.46. The molecule has 1 aromatic rings. The summed E-state index contributed by atoms with van der Waals surface area (Å²) in [5.41, 5.74) is 2.04. The van der Waals surface area contributed by atoms with E-state index in [1.807, 2.05) is 12.1 Å². The first kappa shape index (κ1) is 9.53. The van der Waals surface area contributed by atoms with Gasteiger partial charge in [-0.1, -0.05) is 11.6 Å². The van der Waals surface area contributed by atoms with Gasteiger partial charge in [-0.2, -0.15) is 0 Å². The summed E-state index contributed by atoms with van der Waals surface area (Å²) in [7, 11) is 1.61. The third-order valence-corrected chi connectivity index (χ3v) is 2.93. The molecule has 2 rings (SSSR count). The summed E-state index contributed by atoms with van der Waals surface area (Å²) in [5.74, 6) is 1.04. The van der Waals surface area contributed by atoms with Gasteiger partial charge in [-0.3, -0.25) is 4.79 Å². The molecular weight excluding hydrogens is 200 g/mol. The zero-order chi connectivity index (χ0) is 10.1. The average molecular weight is 211 g/mol. The van der Waals surface area contributed by atoms with Gasteiger partial charge in [-0.15, -0.1) is 0 Å². The highest BCUT2D eigenvalue weighted by atomic mass is 35.5. The average Bonchev–Trinajstić information content (AvgIpc) is 2.18. The van der Waals surface area contributed by atoms with Crippen molar-refractivity contribution < 1.29 is 9.53 Å². The fourth-order valence-electron chi connectivity index (χ4n) is 1.85. The number of ketones is 1. The minimum absolute atomic E-state index is 0.262. The van der Waals surface area contributed by atoms with Gasteiger partial charge in [0, 0.05) is 23.4 Å². The number of Topliss-reactive ketones (excluding diaryl/α,β-unsaturated/α-hetero) is 1. The van der Waals surface area contributed by atoms with Crippen LogP contribution in [-0.4, -0.2) is 12.9 Å². The van der Waals surface area contributed by atoms with Crippen LogP contribution in [0.15, 0.2) is 12.1 Å². The van der Waals surface area contributed by atoms with Crippen molar-refractivity contribution >= 4 is 17.4 Å². The monoisotopic (exact) mass is 210 g/mol. The highest BCUT2D eigenvalue weighted by Gasteiger charge is 2.21. The molecule has 0 aliphatic heterocycles. The van der Waals surface area contributed by atoms with E-state index in [4.69, 9.17) is 16.3 Å². The topological polar surface area (TPSA) is 26.3 Å². The van der Waals surface area contributed by atoms with E-state index in [-0.39, 0.29) is 5.78 Å². The largest absolute Gasteiger partial charge is 0.496 e. The quantitative estimate of drug-likeness (QED) is 0.712. The summed E-state index contributed by atoms with van der Waals surface area (Å²) in [5, 5.41) is 0.744. The van der Waals surface area contributed by atoms with Crippen LogP contribution in [0.1, 0.15) is 17.5 Å². The Morgan fingerprint density at radius 1 is 1.29 bits per heavy atom. The second-order valence-corrected chi connectivity index (χ2v) is 3.83. The zero-order valence-corrected chi connectivity index (χ0v) is 8.73. The lowest BCUT2D eigenvalue weighted by Gasteiger charge is -2.18. The van der Waals surface area contributed by atoms with Crippen LogP contribution in [0.5, 0.6) is 5.75 Å². The van der Waals surface area contributed by atoms with Gasteiger partial charge in [-0.25, -0.2) is 0 Å². The van der Waals surface area contributed by atoms with Gasteiger partial charge in [0.15, 0.2) is 0 Å². The van der Waals surface area contributed by atoms with Crippen LogP contribution in [0.25, 0.3) is 0 Å². The maximum atomic E-state index is 11.3. The van der Waals surface area contributed by atoms with Gasteiger partial charge in [0.1, 0.15) is 11.5 Å². The van der Waals surface area contributed by atoms with E-state index in [1.54, 1.807) is 7.11 Å². The molecule has 14 heavy (non-hydrogen) atoms. The Labute approximate surface area is 87.8 Å². The van der Waals surface area contributed by atoms with E-state index in [0.29, 0.717) is 12.8 Å². The van der Waals surface area contributed by atoms with Crippen LogP contribution in [0.3, 0.4) is 0 Å². The van der Waals surface area contributed by atoms with Crippen LogP contribution >= 0.6 is 11.6 Å². The Bertz CT molecular complexity index is 385. The third-order valence-electron chi connectivity index (χ3n) is 2.58. The van der Waals surface area contributed by atoms with Crippen molar-refractivity contribution in [3.63, 3.8) is 0 Å². The fraction of sp³-hybridized carbons (Fsp3) is 0.364. The molecule has 0 saturated heterocycles. The van der Waals surface area contributed by atoms with Gasteiger partial charge in [0.2, 0.25) is 0 Å². The number of methoxy groups -OCH3 is 1. The molecule has 0 spiro atoms. The van der Waals surface area contributed by atoms with Gasteiger partial charge in [-0.05, 0) is 24.1 Å². The van der Waals surface area contributed by atoms with E-state index in [0.717, 1.165) is 28.3 Å². The molecule has 0 amide bonds. The lowest BCUT2D eigenvalue weighted by Crippen LogP contribution is -2.14. The number of ether oxygens (including phenoxy) is 1. The maximum Gasteiger partial charge on any atom is 0.137 e. The SMILES string of the molecule is COc1ccc(Cl)c2c1CC(=O)CC2. The fourth-order valence-corrected chi connectivity index (χ4v) is 2.12. The second-order valence-electron chi connectivity index (χ2n) is 3.42. The number of hydrogen-bond acceptors (Lipinski definition) is 2. The first-order valence-corrected chi connectivity index (χ1v) is 4.96. The van der Waals surface area contributed by atoms with Crippen LogP contribution in [0, 0.1) is 0 Å². The summed E-state index contributed by atoms with van der Waals surface area (Å²) in [6.45, 7) is 0. The number of fused-ring (bicyclic) bond motifs is 1. The van der Waals surface area contributed by atoms with Gasteiger partial charge >= 0.3 is 0 Å². The summed E-state index contributed by atoms with van der Waals surface area (Å²) in [6, 6.07) is 3.65. The van der Waals surface area contributed by atoms with Crippen molar-refractivity contribution in [3.8, 4) is 5.75 Å². The van der Waals surface area contributed by atoms with Crippen LogP contribution in [-0.2, 0) is 17.6 Å². The van der Waals surface area contributed by atoms with Crippen molar-refractivity contribution in [2.75, 3.05) is 7.11 Å². The first-order chi connectivity index (χ1) is 6.72. The standard InChI is InChI=1S/C11H11ClO2/c1-14-11-5-4-10(12)8-3-2-7(13)6-9(8)11/h4-5H,2-3,6H2,1H3. The smallest absolute Gasteiger partial charge is 0.137 e. The van der Waals surface area contributed by atoms with Crippen LogP contribution in [0.4, 0.5) is 0 Å². The number of rotatable bonds is 1. The molecule has 0 radical (unpaired) electrons. The minimum Gasteiger partial charge on any atom is -0.496 e. The van der Waals surface area contributed by atoms with Crippen molar-refractivity contribution in [1.29, 1.82) is 0 Å². The number of hydrogen-bond donors (Lipinski definition) is 0. The lowest BCUT2D eigenvalue weighted by atomic mass is 9.90. The van der Waals surface area contributed by atoms with E-state index in [2.05, 4.69) is 0 Å².